The molecule has 2 aromatic carbocycles. The highest BCUT2D eigenvalue weighted by Crippen LogP contribution is 2.40. The number of anilines is 1. The molecule has 4 rings (SSSR count). The van der Waals surface area contributed by atoms with Gasteiger partial charge in [-0.1, -0.05) is 42.1 Å². The van der Waals surface area contributed by atoms with Crippen LogP contribution in [0.5, 0.6) is 5.75 Å². The maximum atomic E-state index is 13.0. The Morgan fingerprint density at radius 3 is 2.53 bits per heavy atom. The molecule has 0 saturated heterocycles. The number of nitrogens with one attached hydrogen (secondary N) is 1. The van der Waals surface area contributed by atoms with Gasteiger partial charge in [0.05, 0.1) is 12.9 Å². The Hall–Kier alpha value is -3.70. The van der Waals surface area contributed by atoms with Gasteiger partial charge in [-0.25, -0.2) is 9.18 Å². The van der Waals surface area contributed by atoms with E-state index >= 15 is 0 Å². The van der Waals surface area contributed by atoms with Crippen LogP contribution in [0.1, 0.15) is 21.1 Å². The van der Waals surface area contributed by atoms with E-state index in [1.807, 2.05) is 37.3 Å². The van der Waals surface area contributed by atoms with E-state index in [0.29, 0.717) is 27.3 Å². The first-order valence-corrected chi connectivity index (χ1v) is 12.6. The number of carbonyl (C=O) groups is 2. The van der Waals surface area contributed by atoms with Crippen molar-refractivity contribution < 1.29 is 23.5 Å². The summed E-state index contributed by atoms with van der Waals surface area (Å²) < 4.78 is 25.4. The fourth-order valence-corrected chi connectivity index (χ4v) is 5.26. The van der Waals surface area contributed by atoms with Gasteiger partial charge >= 0.3 is 5.97 Å². The third-order valence-corrected chi connectivity index (χ3v) is 7.27. The smallest absolute Gasteiger partial charge is 0.341 e. The van der Waals surface area contributed by atoms with E-state index in [2.05, 4.69) is 15.5 Å². The summed E-state index contributed by atoms with van der Waals surface area (Å²) in [5.74, 6) is -0.0283. The summed E-state index contributed by atoms with van der Waals surface area (Å²) in [6.45, 7) is 2.04. The maximum Gasteiger partial charge on any atom is 0.341 e. The van der Waals surface area contributed by atoms with E-state index in [9.17, 15) is 14.0 Å². The molecule has 0 aliphatic heterocycles. The van der Waals surface area contributed by atoms with Gasteiger partial charge in [-0.05, 0) is 36.8 Å². The van der Waals surface area contributed by atoms with Crippen molar-refractivity contribution in [1.82, 2.24) is 14.8 Å². The Balaban J connectivity index is 1.42. The van der Waals surface area contributed by atoms with Crippen LogP contribution in [0.15, 0.2) is 59.8 Å². The topological polar surface area (TPSA) is 95.3 Å². The second-order valence-electron chi connectivity index (χ2n) is 7.63. The number of thioether (sulfide) groups is 1. The van der Waals surface area contributed by atoms with Gasteiger partial charge in [-0.3, -0.25) is 4.79 Å². The number of halogens is 1. The second kappa shape index (κ2) is 11.4. The quantitative estimate of drug-likeness (QED) is 0.240. The Morgan fingerprint density at radius 2 is 1.83 bits per heavy atom. The predicted molar refractivity (Wildman–Crippen MR) is 137 cm³/mol. The highest BCUT2D eigenvalue weighted by molar-refractivity contribution is 7.99. The SMILES string of the molecule is COC(=O)c1c(NC(=O)CSc2nnc(COc3ccc(F)cc3)n2C)sc(C)c1-c1ccccc1. The molecule has 8 nitrogen and oxygen atoms in total. The molecular weight excluding hydrogens is 503 g/mol. The summed E-state index contributed by atoms with van der Waals surface area (Å²) in [7, 11) is 3.09. The molecule has 0 aliphatic carbocycles. The van der Waals surface area contributed by atoms with Gasteiger partial charge < -0.3 is 19.4 Å². The van der Waals surface area contributed by atoms with Crippen molar-refractivity contribution in [2.75, 3.05) is 18.2 Å². The number of aryl methyl sites for hydroxylation is 1. The predicted octanol–water partition coefficient (Wildman–Crippen LogP) is 5.09. The van der Waals surface area contributed by atoms with E-state index in [4.69, 9.17) is 9.47 Å². The number of nitrogens with zero attached hydrogens (tertiary/aromatic N) is 3. The van der Waals surface area contributed by atoms with E-state index in [-0.39, 0.29) is 24.1 Å². The monoisotopic (exact) mass is 526 g/mol. The third-order valence-electron chi connectivity index (χ3n) is 5.23. The van der Waals surface area contributed by atoms with Crippen molar-refractivity contribution in [2.24, 2.45) is 7.05 Å². The first-order valence-electron chi connectivity index (χ1n) is 10.8. The van der Waals surface area contributed by atoms with E-state index in [1.165, 1.54) is 54.5 Å². The number of hydrogen-bond acceptors (Lipinski definition) is 8. The zero-order valence-electron chi connectivity index (χ0n) is 19.8. The summed E-state index contributed by atoms with van der Waals surface area (Å²) in [5, 5.41) is 12.1. The molecular formula is C25H23FN4O4S2. The highest BCUT2D eigenvalue weighted by Gasteiger charge is 2.25. The molecule has 1 N–H and O–H groups in total. The zero-order chi connectivity index (χ0) is 25.7. The fraction of sp³-hybridized carbons (Fsp3) is 0.200. The third kappa shape index (κ3) is 5.74. The van der Waals surface area contributed by atoms with E-state index in [0.717, 1.165) is 16.0 Å². The van der Waals surface area contributed by atoms with Crippen LogP contribution in [0.4, 0.5) is 9.39 Å². The molecule has 0 spiro atoms. The molecule has 186 valence electrons. The van der Waals surface area contributed by atoms with Gasteiger partial charge in [0.25, 0.3) is 0 Å². The lowest BCUT2D eigenvalue weighted by molar-refractivity contribution is -0.113. The van der Waals surface area contributed by atoms with Crippen molar-refractivity contribution in [1.29, 1.82) is 0 Å². The Labute approximate surface area is 215 Å². The van der Waals surface area contributed by atoms with Gasteiger partial charge in [0.1, 0.15) is 28.7 Å². The molecule has 0 unspecified atom stereocenters. The molecule has 0 atom stereocenters. The van der Waals surface area contributed by atoms with Crippen LogP contribution in [0, 0.1) is 12.7 Å². The minimum absolute atomic E-state index is 0.0586. The zero-order valence-corrected chi connectivity index (χ0v) is 21.4. The van der Waals surface area contributed by atoms with Crippen molar-refractivity contribution in [3.63, 3.8) is 0 Å². The molecule has 2 aromatic heterocycles. The van der Waals surface area contributed by atoms with Gasteiger partial charge in [0.15, 0.2) is 11.0 Å². The van der Waals surface area contributed by atoms with Crippen molar-refractivity contribution in [2.45, 2.75) is 18.7 Å². The molecule has 4 aromatic rings. The number of aromatic nitrogens is 3. The molecule has 0 saturated carbocycles. The summed E-state index contributed by atoms with van der Waals surface area (Å²) in [4.78, 5) is 26.3. The molecule has 36 heavy (non-hydrogen) atoms. The summed E-state index contributed by atoms with van der Waals surface area (Å²) in [5.41, 5.74) is 1.95. The number of ether oxygens (including phenoxy) is 2. The van der Waals surface area contributed by atoms with Crippen molar-refractivity contribution in [3.05, 3.63) is 76.7 Å². The van der Waals surface area contributed by atoms with Crippen molar-refractivity contribution in [3.8, 4) is 16.9 Å². The van der Waals surface area contributed by atoms with Crippen LogP contribution in [-0.2, 0) is 23.2 Å². The van der Waals surface area contributed by atoms with Crippen LogP contribution in [0.25, 0.3) is 11.1 Å². The van der Waals surface area contributed by atoms with E-state index < -0.39 is 5.97 Å². The average molecular weight is 527 g/mol. The lowest BCUT2D eigenvalue weighted by Crippen LogP contribution is -2.16. The number of thiophene rings is 1. The van der Waals surface area contributed by atoms with Gasteiger partial charge in [-0.2, -0.15) is 0 Å². The summed E-state index contributed by atoms with van der Waals surface area (Å²) in [6.07, 6.45) is 0. The van der Waals surface area contributed by atoms with Gasteiger partial charge in [-0.15, -0.1) is 21.5 Å². The number of hydrogen-bond donors (Lipinski definition) is 1. The summed E-state index contributed by atoms with van der Waals surface area (Å²) >= 11 is 2.53. The number of carbonyl (C=O) groups excluding carboxylic acids is 2. The lowest BCUT2D eigenvalue weighted by atomic mass is 10.0. The maximum absolute atomic E-state index is 13.0. The van der Waals surface area contributed by atoms with Crippen LogP contribution >= 0.6 is 23.1 Å². The van der Waals surface area contributed by atoms with Gasteiger partial charge in [0.2, 0.25) is 5.91 Å². The lowest BCUT2D eigenvalue weighted by Gasteiger charge is -2.08. The largest absolute Gasteiger partial charge is 0.486 e. The molecule has 11 heteroatoms. The molecule has 0 bridgehead atoms. The molecule has 0 radical (unpaired) electrons. The average Bonchev–Trinajstić information content (AvgIpc) is 3.40. The number of esters is 1. The van der Waals surface area contributed by atoms with Gasteiger partial charge in [0, 0.05) is 17.5 Å². The first-order chi connectivity index (χ1) is 17.4. The standard InChI is InChI=1S/C25H23FN4O4S2/c1-15-21(16-7-5-4-6-8-16)22(24(32)33-3)23(36-15)27-20(31)14-35-25-29-28-19(30(25)2)13-34-18-11-9-17(26)10-12-18/h4-12H,13-14H2,1-3H3,(H,27,31). The fourth-order valence-electron chi connectivity index (χ4n) is 3.45. The number of rotatable bonds is 9. The Bertz CT molecular complexity index is 1370. The molecule has 0 aliphatic rings. The molecule has 2 heterocycles. The minimum atomic E-state index is -0.514. The molecule has 0 fully saturated rings. The number of benzene rings is 2. The van der Waals surface area contributed by atoms with Crippen molar-refractivity contribution >= 4 is 40.0 Å². The van der Waals surface area contributed by atoms with E-state index in [1.54, 1.807) is 11.6 Å². The Morgan fingerprint density at radius 1 is 1.11 bits per heavy atom. The summed E-state index contributed by atoms with van der Waals surface area (Å²) in [6, 6.07) is 15.2. The minimum Gasteiger partial charge on any atom is -0.486 e. The van der Waals surface area contributed by atoms with Crippen LogP contribution < -0.4 is 10.1 Å². The first kappa shape index (κ1) is 25.4. The van der Waals surface area contributed by atoms with Crippen LogP contribution in [-0.4, -0.2) is 39.5 Å². The van der Waals surface area contributed by atoms with Crippen LogP contribution in [0.2, 0.25) is 0 Å². The molecule has 1 amide bonds. The normalized spacial score (nSPS) is 10.8. The number of amides is 1. The number of methoxy groups -OCH3 is 1. The van der Waals surface area contributed by atoms with Crippen LogP contribution in [0.3, 0.4) is 0 Å². The second-order valence-corrected chi connectivity index (χ2v) is 9.80. The Kier molecular flexibility index (Phi) is 8.01. The highest BCUT2D eigenvalue weighted by atomic mass is 32.2.